The number of methoxy groups -OCH3 is 1. The fourth-order valence-corrected chi connectivity index (χ4v) is 4.52. The van der Waals surface area contributed by atoms with E-state index >= 15 is 0 Å². The summed E-state index contributed by atoms with van der Waals surface area (Å²) in [5.74, 6) is 0.875. The van der Waals surface area contributed by atoms with E-state index < -0.39 is 0 Å². The van der Waals surface area contributed by atoms with Gasteiger partial charge in [-0.3, -0.25) is 0 Å². The van der Waals surface area contributed by atoms with E-state index in [2.05, 4.69) is 60.7 Å². The van der Waals surface area contributed by atoms with E-state index in [-0.39, 0.29) is 0 Å². The Labute approximate surface area is 149 Å². The summed E-state index contributed by atoms with van der Waals surface area (Å²) in [5, 5.41) is 3.50. The third kappa shape index (κ3) is 2.20. The highest BCUT2D eigenvalue weighted by Gasteiger charge is 2.21. The van der Waals surface area contributed by atoms with Crippen LogP contribution in [0.15, 0.2) is 72.8 Å². The van der Waals surface area contributed by atoms with Crippen molar-refractivity contribution < 1.29 is 4.74 Å². The molecule has 0 amide bonds. The summed E-state index contributed by atoms with van der Waals surface area (Å²) < 4.78 is 6.70. The highest BCUT2D eigenvalue weighted by atomic mass is 32.1. The molecule has 3 aromatic rings. The maximum Gasteiger partial charge on any atom is 0.125 e. The summed E-state index contributed by atoms with van der Waals surface area (Å²) >= 11 is 1.74. The van der Waals surface area contributed by atoms with Crippen LogP contribution in [-0.2, 0) is 0 Å². The topological polar surface area (TPSA) is 22.1 Å². The van der Waals surface area contributed by atoms with Gasteiger partial charge in [-0.1, -0.05) is 48.5 Å². The third-order valence-electron chi connectivity index (χ3n) is 4.58. The molecule has 25 heavy (non-hydrogen) atoms. The third-order valence-corrected chi connectivity index (χ3v) is 5.65. The van der Waals surface area contributed by atoms with Crippen LogP contribution in [0.4, 0.5) is 0 Å². The molecule has 2 heterocycles. The average molecular weight is 341 g/mol. The number of nitrogens with zero attached hydrogens (tertiary/aromatic N) is 1. The highest BCUT2D eigenvalue weighted by Crippen LogP contribution is 2.47. The van der Waals surface area contributed by atoms with Crippen LogP contribution in [-0.4, -0.2) is 12.1 Å². The number of para-hydroxylation sites is 1. The lowest BCUT2D eigenvalue weighted by atomic mass is 9.96. The Balaban J connectivity index is 2.02. The number of ether oxygens (including phenoxy) is 1. The van der Waals surface area contributed by atoms with Gasteiger partial charge in [0, 0.05) is 26.6 Å². The Morgan fingerprint density at radius 1 is 0.800 bits per heavy atom. The molecule has 0 unspecified atom stereocenters. The molecule has 2 aliphatic heterocycles. The maximum absolute atomic E-state index is 5.48. The molecule has 3 aromatic carbocycles. The van der Waals surface area contributed by atoms with E-state index in [0.29, 0.717) is 0 Å². The largest absolute Gasteiger partial charge is 0.497 e. The molecule has 0 aliphatic carbocycles. The SMILES string of the molecule is COc1ccc2sc3nc4ccccc4c-3c(-c3ccccc3)c2c1. The zero-order valence-corrected chi connectivity index (χ0v) is 14.5. The van der Waals surface area contributed by atoms with Crippen molar-refractivity contribution >= 4 is 32.3 Å². The number of hydrogen-bond acceptors (Lipinski definition) is 3. The van der Waals surface area contributed by atoms with Crippen LogP contribution < -0.4 is 4.74 Å². The van der Waals surface area contributed by atoms with Crippen LogP contribution in [0.5, 0.6) is 5.75 Å². The van der Waals surface area contributed by atoms with Gasteiger partial charge < -0.3 is 4.74 Å². The van der Waals surface area contributed by atoms with Gasteiger partial charge in [0.15, 0.2) is 0 Å². The molecule has 2 aliphatic rings. The Bertz CT molecular complexity index is 1180. The molecule has 5 rings (SSSR count). The normalized spacial score (nSPS) is 11.4. The Morgan fingerprint density at radius 2 is 1.60 bits per heavy atom. The van der Waals surface area contributed by atoms with Crippen molar-refractivity contribution in [2.24, 2.45) is 0 Å². The second kappa shape index (κ2) is 5.57. The summed E-state index contributed by atoms with van der Waals surface area (Å²) in [5.41, 5.74) is 4.72. The predicted molar refractivity (Wildman–Crippen MR) is 106 cm³/mol. The van der Waals surface area contributed by atoms with Crippen molar-refractivity contribution in [3.63, 3.8) is 0 Å². The molecule has 0 bridgehead atoms. The van der Waals surface area contributed by atoms with Gasteiger partial charge in [-0.15, -0.1) is 11.3 Å². The van der Waals surface area contributed by atoms with Crippen molar-refractivity contribution in [1.82, 2.24) is 4.98 Å². The van der Waals surface area contributed by atoms with Gasteiger partial charge in [0.2, 0.25) is 0 Å². The van der Waals surface area contributed by atoms with Crippen LogP contribution >= 0.6 is 11.3 Å². The molecule has 0 fully saturated rings. The fraction of sp³-hybridized carbons (Fsp3) is 0.0455. The quantitative estimate of drug-likeness (QED) is 0.380. The highest BCUT2D eigenvalue weighted by molar-refractivity contribution is 7.21. The minimum Gasteiger partial charge on any atom is -0.497 e. The molecule has 0 saturated heterocycles. The molecule has 0 spiro atoms. The van der Waals surface area contributed by atoms with Crippen molar-refractivity contribution in [1.29, 1.82) is 0 Å². The summed E-state index contributed by atoms with van der Waals surface area (Å²) in [4.78, 5) is 4.88. The Morgan fingerprint density at radius 3 is 2.44 bits per heavy atom. The van der Waals surface area contributed by atoms with Gasteiger partial charge >= 0.3 is 0 Å². The first-order chi connectivity index (χ1) is 12.3. The summed E-state index contributed by atoms with van der Waals surface area (Å²) in [7, 11) is 1.71. The van der Waals surface area contributed by atoms with E-state index in [1.165, 1.54) is 32.2 Å². The summed E-state index contributed by atoms with van der Waals surface area (Å²) in [6.07, 6.45) is 0. The average Bonchev–Trinajstić information content (AvgIpc) is 3.04. The first-order valence-corrected chi connectivity index (χ1v) is 9.01. The second-order valence-electron chi connectivity index (χ2n) is 6.01. The van der Waals surface area contributed by atoms with Crippen molar-refractivity contribution in [2.45, 2.75) is 0 Å². The molecule has 0 aromatic heterocycles. The minimum absolute atomic E-state index is 0.875. The molecular formula is C22H15NOS. The molecule has 0 radical (unpaired) electrons. The smallest absolute Gasteiger partial charge is 0.125 e. The number of aromatic nitrogens is 1. The lowest BCUT2D eigenvalue weighted by Crippen LogP contribution is -1.88. The van der Waals surface area contributed by atoms with E-state index in [9.17, 15) is 0 Å². The molecule has 0 saturated carbocycles. The Hall–Kier alpha value is -2.91. The van der Waals surface area contributed by atoms with E-state index in [1.54, 1.807) is 18.4 Å². The summed E-state index contributed by atoms with van der Waals surface area (Å²) in [6.45, 7) is 0. The first kappa shape index (κ1) is 14.4. The van der Waals surface area contributed by atoms with E-state index in [4.69, 9.17) is 9.72 Å². The van der Waals surface area contributed by atoms with Gasteiger partial charge in [-0.05, 0) is 29.8 Å². The zero-order chi connectivity index (χ0) is 16.8. The second-order valence-corrected chi connectivity index (χ2v) is 7.04. The molecule has 120 valence electrons. The van der Waals surface area contributed by atoms with Crippen LogP contribution in [0.2, 0.25) is 0 Å². The maximum atomic E-state index is 5.48. The zero-order valence-electron chi connectivity index (χ0n) is 13.7. The molecule has 3 heteroatoms. The van der Waals surface area contributed by atoms with Crippen LogP contribution in [0.25, 0.3) is 42.7 Å². The van der Waals surface area contributed by atoms with Crippen molar-refractivity contribution in [3.8, 4) is 27.4 Å². The van der Waals surface area contributed by atoms with Gasteiger partial charge in [-0.25, -0.2) is 4.98 Å². The standard InChI is InChI=1S/C22H15NOS/c1-24-15-11-12-19-17(13-15)20(14-7-3-2-4-8-14)21-16-9-5-6-10-18(16)23-22(21)25-19/h2-13H,1H3. The van der Waals surface area contributed by atoms with Gasteiger partial charge in [0.05, 0.1) is 12.6 Å². The fourth-order valence-electron chi connectivity index (χ4n) is 3.44. The van der Waals surface area contributed by atoms with Gasteiger partial charge in [0.1, 0.15) is 10.8 Å². The summed E-state index contributed by atoms with van der Waals surface area (Å²) in [6, 6.07) is 25.2. The van der Waals surface area contributed by atoms with Crippen LogP contribution in [0, 0.1) is 0 Å². The molecule has 0 atom stereocenters. The van der Waals surface area contributed by atoms with E-state index in [1.807, 2.05) is 12.1 Å². The number of rotatable bonds is 2. The Kier molecular flexibility index (Phi) is 3.22. The minimum atomic E-state index is 0.875. The van der Waals surface area contributed by atoms with Crippen molar-refractivity contribution in [2.75, 3.05) is 7.11 Å². The number of fused-ring (bicyclic) bond motifs is 4. The monoisotopic (exact) mass is 341 g/mol. The van der Waals surface area contributed by atoms with Crippen LogP contribution in [0.3, 0.4) is 0 Å². The molecule has 2 nitrogen and oxygen atoms in total. The predicted octanol–water partition coefficient (Wildman–Crippen LogP) is 6.23. The molecule has 0 N–H and O–H groups in total. The van der Waals surface area contributed by atoms with Crippen LogP contribution in [0.1, 0.15) is 0 Å². The first-order valence-electron chi connectivity index (χ1n) is 8.19. The lowest BCUT2D eigenvalue weighted by molar-refractivity contribution is 0.415. The van der Waals surface area contributed by atoms with Crippen molar-refractivity contribution in [3.05, 3.63) is 72.8 Å². The van der Waals surface area contributed by atoms with Gasteiger partial charge in [0.25, 0.3) is 0 Å². The lowest BCUT2D eigenvalue weighted by Gasteiger charge is -2.13. The number of hydrogen-bond donors (Lipinski definition) is 0. The number of benzene rings is 3. The van der Waals surface area contributed by atoms with E-state index in [0.717, 1.165) is 16.3 Å². The molecular weight excluding hydrogens is 326 g/mol. The van der Waals surface area contributed by atoms with Gasteiger partial charge in [-0.2, -0.15) is 0 Å².